The van der Waals surface area contributed by atoms with Crippen LogP contribution in [-0.2, 0) is 10.0 Å². The van der Waals surface area contributed by atoms with Gasteiger partial charge in [-0.1, -0.05) is 17.7 Å². The Balaban J connectivity index is 1.68. The number of hydrogen-bond acceptors (Lipinski definition) is 5. The molecule has 0 aliphatic carbocycles. The fourth-order valence-electron chi connectivity index (χ4n) is 2.54. The molecule has 3 N–H and O–H groups in total. The molecule has 3 rings (SSSR count). The van der Waals surface area contributed by atoms with Crippen LogP contribution >= 0.6 is 11.6 Å². The number of carbonyl (C=O) groups excluding carboxylic acids is 2. The molecule has 0 atom stereocenters. The lowest BCUT2D eigenvalue weighted by atomic mass is 10.2. The maximum absolute atomic E-state index is 12.7. The normalized spacial score (nSPS) is 10.8. The summed E-state index contributed by atoms with van der Waals surface area (Å²) in [5, 5.41) is 0.474. The number of ether oxygens (including phenoxy) is 1. The van der Waals surface area contributed by atoms with Gasteiger partial charge in [-0.25, -0.2) is 8.42 Å². The second-order valence-electron chi connectivity index (χ2n) is 6.28. The Morgan fingerprint density at radius 2 is 1.45 bits per heavy atom. The molecule has 2 amide bonds. The first-order valence-corrected chi connectivity index (χ1v) is 10.8. The van der Waals surface area contributed by atoms with Crippen molar-refractivity contribution in [1.29, 1.82) is 0 Å². The lowest BCUT2D eigenvalue weighted by Gasteiger charge is -2.11. The van der Waals surface area contributed by atoms with Crippen molar-refractivity contribution in [2.75, 3.05) is 11.8 Å². The molecule has 0 bridgehead atoms. The first-order valence-electron chi connectivity index (χ1n) is 8.92. The Hall–Kier alpha value is -3.56. The zero-order chi connectivity index (χ0) is 22.4. The van der Waals surface area contributed by atoms with Crippen LogP contribution in [0.5, 0.6) is 5.75 Å². The second kappa shape index (κ2) is 9.50. The zero-order valence-corrected chi connectivity index (χ0v) is 17.8. The molecule has 3 aromatic carbocycles. The highest BCUT2D eigenvalue weighted by molar-refractivity contribution is 7.92. The average molecular weight is 460 g/mol. The SMILES string of the molecule is COc1ccc(NS(=O)(=O)c2cccc(C(=O)NNC(=O)c3ccc(Cl)cc3)c2)cc1. The van der Waals surface area contributed by atoms with E-state index >= 15 is 0 Å². The number of nitrogens with one attached hydrogen (secondary N) is 3. The first kappa shape index (κ1) is 22.1. The molecule has 0 heterocycles. The van der Waals surface area contributed by atoms with Gasteiger partial charge in [0.05, 0.1) is 12.0 Å². The van der Waals surface area contributed by atoms with Gasteiger partial charge >= 0.3 is 0 Å². The Morgan fingerprint density at radius 1 is 0.839 bits per heavy atom. The summed E-state index contributed by atoms with van der Waals surface area (Å²) in [6, 6.07) is 17.8. The third-order valence-corrected chi connectivity index (χ3v) is 5.78. The van der Waals surface area contributed by atoms with Crippen LogP contribution in [0.25, 0.3) is 0 Å². The largest absolute Gasteiger partial charge is 0.497 e. The fourth-order valence-corrected chi connectivity index (χ4v) is 3.77. The van der Waals surface area contributed by atoms with Crippen LogP contribution < -0.4 is 20.3 Å². The van der Waals surface area contributed by atoms with Gasteiger partial charge in [0.15, 0.2) is 0 Å². The van der Waals surface area contributed by atoms with Crippen LogP contribution in [0.1, 0.15) is 20.7 Å². The van der Waals surface area contributed by atoms with Gasteiger partial charge in [0, 0.05) is 21.8 Å². The van der Waals surface area contributed by atoms with Gasteiger partial charge in [0.1, 0.15) is 5.75 Å². The van der Waals surface area contributed by atoms with E-state index in [1.165, 1.54) is 43.5 Å². The second-order valence-corrected chi connectivity index (χ2v) is 8.40. The smallest absolute Gasteiger partial charge is 0.269 e. The lowest BCUT2D eigenvalue weighted by molar-refractivity contribution is 0.0846. The summed E-state index contributed by atoms with van der Waals surface area (Å²) < 4.78 is 32.8. The van der Waals surface area contributed by atoms with Crippen molar-refractivity contribution in [2.24, 2.45) is 0 Å². The molecule has 0 aliphatic rings. The number of hydrogen-bond donors (Lipinski definition) is 3. The van der Waals surface area contributed by atoms with Crippen molar-refractivity contribution in [1.82, 2.24) is 10.9 Å². The van der Waals surface area contributed by atoms with E-state index in [9.17, 15) is 18.0 Å². The molecule has 0 saturated carbocycles. The van der Waals surface area contributed by atoms with Gasteiger partial charge in [-0.2, -0.15) is 0 Å². The number of carbonyl (C=O) groups is 2. The standard InChI is InChI=1S/C21H18ClN3O5S/c1-30-18-11-9-17(10-12-18)25-31(28,29)19-4-2-3-15(13-19)21(27)24-23-20(26)14-5-7-16(22)8-6-14/h2-13,25H,1H3,(H,23,26)(H,24,27). The molecule has 8 nitrogen and oxygen atoms in total. The summed E-state index contributed by atoms with van der Waals surface area (Å²) in [7, 11) is -2.43. The van der Waals surface area contributed by atoms with E-state index in [2.05, 4.69) is 15.6 Å². The van der Waals surface area contributed by atoms with E-state index in [0.29, 0.717) is 22.0 Å². The molecule has 10 heteroatoms. The van der Waals surface area contributed by atoms with Crippen LogP contribution in [0.3, 0.4) is 0 Å². The van der Waals surface area contributed by atoms with Crippen molar-refractivity contribution in [3.63, 3.8) is 0 Å². The zero-order valence-electron chi connectivity index (χ0n) is 16.3. The molecule has 0 spiro atoms. The van der Waals surface area contributed by atoms with E-state index in [0.717, 1.165) is 0 Å². The van der Waals surface area contributed by atoms with Crippen molar-refractivity contribution < 1.29 is 22.7 Å². The van der Waals surface area contributed by atoms with Crippen LogP contribution in [0.4, 0.5) is 5.69 Å². The molecule has 0 saturated heterocycles. The van der Waals surface area contributed by atoms with Crippen LogP contribution in [0.15, 0.2) is 77.7 Å². The van der Waals surface area contributed by atoms with Gasteiger partial charge in [0.2, 0.25) is 0 Å². The molecule has 31 heavy (non-hydrogen) atoms. The van der Waals surface area contributed by atoms with Crippen LogP contribution in [-0.4, -0.2) is 27.3 Å². The topological polar surface area (TPSA) is 114 Å². The minimum absolute atomic E-state index is 0.0500. The Labute approximate surface area is 184 Å². The molecule has 3 aromatic rings. The predicted molar refractivity (Wildman–Crippen MR) is 117 cm³/mol. The summed E-state index contributed by atoms with van der Waals surface area (Å²) in [5.41, 5.74) is 5.20. The third-order valence-electron chi connectivity index (χ3n) is 4.14. The monoisotopic (exact) mass is 459 g/mol. The predicted octanol–water partition coefficient (Wildman–Crippen LogP) is 3.22. The molecule has 0 aliphatic heterocycles. The van der Waals surface area contributed by atoms with Gasteiger partial charge in [-0.05, 0) is 66.7 Å². The number of methoxy groups -OCH3 is 1. The summed E-state index contributed by atoms with van der Waals surface area (Å²) >= 11 is 5.78. The maximum Gasteiger partial charge on any atom is 0.269 e. The van der Waals surface area contributed by atoms with Crippen molar-refractivity contribution in [3.05, 3.63) is 88.9 Å². The Kier molecular flexibility index (Phi) is 6.78. The molecule has 0 aromatic heterocycles. The fraction of sp³-hybridized carbons (Fsp3) is 0.0476. The van der Waals surface area contributed by atoms with Crippen LogP contribution in [0.2, 0.25) is 5.02 Å². The van der Waals surface area contributed by atoms with Crippen molar-refractivity contribution in [3.8, 4) is 5.75 Å². The average Bonchev–Trinajstić information content (AvgIpc) is 2.78. The number of sulfonamides is 1. The highest BCUT2D eigenvalue weighted by Crippen LogP contribution is 2.20. The minimum Gasteiger partial charge on any atom is -0.497 e. The third kappa shape index (κ3) is 5.74. The van der Waals surface area contributed by atoms with Gasteiger partial charge in [-0.3, -0.25) is 25.2 Å². The van der Waals surface area contributed by atoms with Crippen LogP contribution in [0, 0.1) is 0 Å². The van der Waals surface area contributed by atoms with E-state index in [-0.39, 0.29) is 10.5 Å². The number of rotatable bonds is 6. The maximum atomic E-state index is 12.7. The number of amides is 2. The van der Waals surface area contributed by atoms with Gasteiger partial charge < -0.3 is 4.74 Å². The number of benzene rings is 3. The number of halogens is 1. The molecular formula is C21H18ClN3O5S. The van der Waals surface area contributed by atoms with Gasteiger partial charge in [-0.15, -0.1) is 0 Å². The Morgan fingerprint density at radius 3 is 2.06 bits per heavy atom. The molecule has 160 valence electrons. The van der Waals surface area contributed by atoms with Crippen molar-refractivity contribution in [2.45, 2.75) is 4.90 Å². The van der Waals surface area contributed by atoms with E-state index in [1.54, 1.807) is 36.4 Å². The summed E-state index contributed by atoms with van der Waals surface area (Å²) in [6.45, 7) is 0. The number of anilines is 1. The lowest BCUT2D eigenvalue weighted by Crippen LogP contribution is -2.41. The summed E-state index contributed by atoms with van der Waals surface area (Å²) in [4.78, 5) is 24.3. The van der Waals surface area contributed by atoms with E-state index in [4.69, 9.17) is 16.3 Å². The molecule has 0 unspecified atom stereocenters. The molecular weight excluding hydrogens is 442 g/mol. The van der Waals surface area contributed by atoms with E-state index < -0.39 is 21.8 Å². The minimum atomic E-state index is -3.94. The van der Waals surface area contributed by atoms with E-state index in [1.807, 2.05) is 0 Å². The van der Waals surface area contributed by atoms with Crippen molar-refractivity contribution >= 4 is 39.1 Å². The highest BCUT2D eigenvalue weighted by Gasteiger charge is 2.17. The number of hydrazine groups is 1. The highest BCUT2D eigenvalue weighted by atomic mass is 35.5. The summed E-state index contributed by atoms with van der Waals surface area (Å²) in [5.74, 6) is -0.638. The Bertz CT molecular complexity index is 1200. The molecule has 0 radical (unpaired) electrons. The first-order chi connectivity index (χ1) is 14.8. The quantitative estimate of drug-likeness (QED) is 0.490. The summed E-state index contributed by atoms with van der Waals surface area (Å²) in [6.07, 6.45) is 0. The molecule has 0 fully saturated rings. The van der Waals surface area contributed by atoms with Gasteiger partial charge in [0.25, 0.3) is 21.8 Å².